The van der Waals surface area contributed by atoms with E-state index in [9.17, 15) is 0 Å². The van der Waals surface area contributed by atoms with Gasteiger partial charge in [0.05, 0.1) is 0 Å². The Morgan fingerprint density at radius 1 is 0.810 bits per heavy atom. The summed E-state index contributed by atoms with van der Waals surface area (Å²) in [6, 6.07) is 8.81. The van der Waals surface area contributed by atoms with E-state index in [4.69, 9.17) is 0 Å². The molecule has 0 aliphatic heterocycles. The Kier molecular flexibility index (Phi) is 4.93. The zero-order valence-electron chi connectivity index (χ0n) is 14.0. The molecule has 0 bridgehead atoms. The lowest BCUT2D eigenvalue weighted by molar-refractivity contribution is 0.913. The van der Waals surface area contributed by atoms with Crippen molar-refractivity contribution in [3.8, 4) is 0 Å². The van der Waals surface area contributed by atoms with E-state index in [1.54, 1.807) is 0 Å². The van der Waals surface area contributed by atoms with Gasteiger partial charge >= 0.3 is 0 Å². The molecule has 1 atom stereocenters. The fraction of sp³-hybridized carbons (Fsp3) is 0.400. The highest BCUT2D eigenvalue weighted by Crippen LogP contribution is 2.36. The van der Waals surface area contributed by atoms with Crippen molar-refractivity contribution in [2.75, 3.05) is 0 Å². The first-order chi connectivity index (χ1) is 9.82. The van der Waals surface area contributed by atoms with E-state index in [0.717, 1.165) is 6.42 Å². The molecule has 2 aromatic carbocycles. The van der Waals surface area contributed by atoms with Crippen LogP contribution in [0.15, 0.2) is 24.3 Å². The van der Waals surface area contributed by atoms with Gasteiger partial charge in [-0.1, -0.05) is 45.8 Å². The number of halogens is 1. The minimum atomic E-state index is 0.372. The number of benzene rings is 2. The molecule has 0 spiro atoms. The Hall–Kier alpha value is -1.08. The third kappa shape index (κ3) is 3.23. The molecule has 0 heterocycles. The molecule has 0 nitrogen and oxygen atoms in total. The highest BCUT2D eigenvalue weighted by atomic mass is 79.9. The first-order valence-corrected chi connectivity index (χ1v) is 8.51. The molecule has 2 rings (SSSR count). The van der Waals surface area contributed by atoms with E-state index >= 15 is 0 Å². The normalized spacial score (nSPS) is 12.5. The number of alkyl halides is 1. The maximum atomic E-state index is 3.94. The molecule has 0 aliphatic rings. The summed E-state index contributed by atoms with van der Waals surface area (Å²) in [4.78, 5) is 0.372. The summed E-state index contributed by atoms with van der Waals surface area (Å²) in [7, 11) is 0. The van der Waals surface area contributed by atoms with Gasteiger partial charge in [-0.25, -0.2) is 0 Å². The van der Waals surface area contributed by atoms with Crippen LogP contribution in [-0.2, 0) is 6.42 Å². The third-order valence-electron chi connectivity index (χ3n) is 4.87. The lowest BCUT2D eigenvalue weighted by Gasteiger charge is -2.22. The van der Waals surface area contributed by atoms with Gasteiger partial charge in [0.1, 0.15) is 0 Å². The summed E-state index contributed by atoms with van der Waals surface area (Å²) >= 11 is 3.94. The quantitative estimate of drug-likeness (QED) is 0.580. The molecule has 2 aromatic rings. The van der Waals surface area contributed by atoms with Gasteiger partial charge in [0.15, 0.2) is 0 Å². The number of aryl methyl sites for hydroxylation is 1. The van der Waals surface area contributed by atoms with Crippen LogP contribution >= 0.6 is 15.9 Å². The molecular formula is C20H25Br. The van der Waals surface area contributed by atoms with E-state index in [1.807, 2.05) is 0 Å². The van der Waals surface area contributed by atoms with Crippen molar-refractivity contribution >= 4 is 15.9 Å². The van der Waals surface area contributed by atoms with Crippen molar-refractivity contribution < 1.29 is 0 Å². The molecular weight excluding hydrogens is 320 g/mol. The Morgan fingerprint density at radius 2 is 1.33 bits per heavy atom. The molecule has 21 heavy (non-hydrogen) atoms. The van der Waals surface area contributed by atoms with Crippen molar-refractivity contribution in [3.63, 3.8) is 0 Å². The standard InChI is InChI=1S/C20H25Br/c1-12-8-7-9-18(10-12)11-19(21)20-16(5)14(3)13(2)15(4)17(20)6/h7-10,19H,11H2,1-6H3. The largest absolute Gasteiger partial charge is 0.0835 e. The van der Waals surface area contributed by atoms with Crippen LogP contribution in [0.2, 0.25) is 0 Å². The molecule has 0 amide bonds. The molecule has 0 saturated heterocycles. The minimum absolute atomic E-state index is 0.372. The van der Waals surface area contributed by atoms with Crippen molar-refractivity contribution in [1.29, 1.82) is 0 Å². The number of hydrogen-bond donors (Lipinski definition) is 0. The van der Waals surface area contributed by atoms with E-state index < -0.39 is 0 Å². The molecule has 0 radical (unpaired) electrons. The van der Waals surface area contributed by atoms with Gasteiger partial charge in [0.2, 0.25) is 0 Å². The van der Waals surface area contributed by atoms with Crippen molar-refractivity contribution in [2.45, 2.75) is 52.8 Å². The van der Waals surface area contributed by atoms with E-state index in [1.165, 1.54) is 44.5 Å². The van der Waals surface area contributed by atoms with Crippen molar-refractivity contribution in [2.24, 2.45) is 0 Å². The van der Waals surface area contributed by atoms with Crippen LogP contribution in [0.25, 0.3) is 0 Å². The van der Waals surface area contributed by atoms with Gasteiger partial charge in [-0.2, -0.15) is 0 Å². The predicted octanol–water partition coefficient (Wildman–Crippen LogP) is 6.22. The van der Waals surface area contributed by atoms with Crippen LogP contribution in [0.1, 0.15) is 49.3 Å². The topological polar surface area (TPSA) is 0 Å². The van der Waals surface area contributed by atoms with Crippen molar-refractivity contribution in [1.82, 2.24) is 0 Å². The smallest absolute Gasteiger partial charge is 0.0441 e. The van der Waals surface area contributed by atoms with Crippen LogP contribution in [0, 0.1) is 41.5 Å². The van der Waals surface area contributed by atoms with Gasteiger partial charge in [-0.15, -0.1) is 0 Å². The SMILES string of the molecule is Cc1cccc(CC(Br)c2c(C)c(C)c(C)c(C)c2C)c1. The van der Waals surface area contributed by atoms with E-state index in [0.29, 0.717) is 4.83 Å². The first-order valence-electron chi connectivity index (χ1n) is 7.59. The third-order valence-corrected chi connectivity index (χ3v) is 5.65. The maximum Gasteiger partial charge on any atom is 0.0441 e. The number of rotatable bonds is 3. The fourth-order valence-electron chi connectivity index (χ4n) is 3.15. The Balaban J connectivity index is 2.42. The van der Waals surface area contributed by atoms with Gasteiger partial charge in [0.25, 0.3) is 0 Å². The number of hydrogen-bond acceptors (Lipinski definition) is 0. The molecule has 112 valence electrons. The van der Waals surface area contributed by atoms with Crippen LogP contribution < -0.4 is 0 Å². The second-order valence-electron chi connectivity index (χ2n) is 6.20. The summed E-state index contributed by atoms with van der Waals surface area (Å²) in [5.41, 5.74) is 11.4. The zero-order chi connectivity index (χ0) is 15.7. The Bertz CT molecular complexity index is 639. The summed E-state index contributed by atoms with van der Waals surface area (Å²) in [6.07, 6.45) is 1.03. The first kappa shape index (κ1) is 16.3. The fourth-order valence-corrected chi connectivity index (χ4v) is 4.21. The molecule has 1 unspecified atom stereocenters. The summed E-state index contributed by atoms with van der Waals surface area (Å²) in [5.74, 6) is 0. The highest BCUT2D eigenvalue weighted by Gasteiger charge is 2.18. The summed E-state index contributed by atoms with van der Waals surface area (Å²) in [6.45, 7) is 13.4. The Morgan fingerprint density at radius 3 is 1.86 bits per heavy atom. The van der Waals surface area contributed by atoms with Crippen LogP contribution in [-0.4, -0.2) is 0 Å². The lowest BCUT2D eigenvalue weighted by Crippen LogP contribution is -2.06. The zero-order valence-corrected chi connectivity index (χ0v) is 15.6. The van der Waals surface area contributed by atoms with Crippen molar-refractivity contribution in [3.05, 3.63) is 68.8 Å². The van der Waals surface area contributed by atoms with Crippen LogP contribution in [0.5, 0.6) is 0 Å². The summed E-state index contributed by atoms with van der Waals surface area (Å²) in [5, 5.41) is 0. The van der Waals surface area contributed by atoms with Crippen LogP contribution in [0.4, 0.5) is 0 Å². The average Bonchev–Trinajstić information content (AvgIpc) is 2.43. The monoisotopic (exact) mass is 344 g/mol. The second kappa shape index (κ2) is 6.36. The van der Waals surface area contributed by atoms with Gasteiger partial charge < -0.3 is 0 Å². The van der Waals surface area contributed by atoms with Gasteiger partial charge in [0, 0.05) is 4.83 Å². The Labute approximate surface area is 137 Å². The van der Waals surface area contributed by atoms with Crippen LogP contribution in [0.3, 0.4) is 0 Å². The molecule has 0 aliphatic carbocycles. The minimum Gasteiger partial charge on any atom is -0.0835 e. The molecule has 0 N–H and O–H groups in total. The molecule has 0 fully saturated rings. The maximum absolute atomic E-state index is 3.94. The average molecular weight is 345 g/mol. The highest BCUT2D eigenvalue weighted by molar-refractivity contribution is 9.09. The molecule has 0 aromatic heterocycles. The van der Waals surface area contributed by atoms with E-state index in [-0.39, 0.29) is 0 Å². The van der Waals surface area contributed by atoms with Gasteiger partial charge in [-0.05, 0) is 86.9 Å². The predicted molar refractivity (Wildman–Crippen MR) is 96.7 cm³/mol. The molecule has 0 saturated carbocycles. The van der Waals surface area contributed by atoms with Gasteiger partial charge in [-0.3, -0.25) is 0 Å². The summed E-state index contributed by atoms with van der Waals surface area (Å²) < 4.78 is 0. The lowest BCUT2D eigenvalue weighted by atomic mass is 9.87. The second-order valence-corrected chi connectivity index (χ2v) is 7.30. The van der Waals surface area contributed by atoms with E-state index in [2.05, 4.69) is 81.7 Å². The molecule has 1 heteroatoms.